The van der Waals surface area contributed by atoms with Crippen LogP contribution in [0.3, 0.4) is 0 Å². The molecule has 25 heavy (non-hydrogen) atoms. The molecule has 122 valence electrons. The van der Waals surface area contributed by atoms with E-state index in [1.807, 2.05) is 66.7 Å². The van der Waals surface area contributed by atoms with Crippen molar-refractivity contribution in [2.45, 2.75) is 12.3 Å². The standard InChI is InChI=1S/C22H17NO2/c23-16-17-8-7-13-20(14-17)25-22(24)15-21(18-9-3-1-4-10-18)19-11-5-2-6-12-19/h1-14,21H,15H2. The Morgan fingerprint density at radius 2 is 1.48 bits per heavy atom. The van der Waals surface area contributed by atoms with E-state index in [1.54, 1.807) is 24.3 Å². The first-order chi connectivity index (χ1) is 12.3. The highest BCUT2D eigenvalue weighted by molar-refractivity contribution is 5.74. The normalized spacial score (nSPS) is 10.2. The Balaban J connectivity index is 1.80. The Morgan fingerprint density at radius 3 is 2.04 bits per heavy atom. The smallest absolute Gasteiger partial charge is 0.312 e. The predicted molar refractivity (Wildman–Crippen MR) is 96.1 cm³/mol. The SMILES string of the molecule is N#Cc1cccc(OC(=O)CC(c2ccccc2)c2ccccc2)c1. The minimum atomic E-state index is -0.326. The van der Waals surface area contributed by atoms with Crippen molar-refractivity contribution >= 4 is 5.97 Å². The molecule has 0 aliphatic heterocycles. The van der Waals surface area contributed by atoms with Gasteiger partial charge in [-0.05, 0) is 29.3 Å². The Labute approximate surface area is 147 Å². The fourth-order valence-corrected chi connectivity index (χ4v) is 2.77. The van der Waals surface area contributed by atoms with Crippen LogP contribution < -0.4 is 4.74 Å². The molecule has 0 atom stereocenters. The molecule has 0 radical (unpaired) electrons. The Hall–Kier alpha value is -3.38. The van der Waals surface area contributed by atoms with Gasteiger partial charge in [0.15, 0.2) is 0 Å². The summed E-state index contributed by atoms with van der Waals surface area (Å²) >= 11 is 0. The van der Waals surface area contributed by atoms with E-state index in [1.165, 1.54) is 0 Å². The van der Waals surface area contributed by atoms with Crippen LogP contribution in [0.1, 0.15) is 29.0 Å². The van der Waals surface area contributed by atoms with E-state index < -0.39 is 0 Å². The first-order valence-electron chi connectivity index (χ1n) is 8.07. The molecule has 0 fully saturated rings. The van der Waals surface area contributed by atoms with Crippen molar-refractivity contribution in [3.05, 3.63) is 102 Å². The van der Waals surface area contributed by atoms with Gasteiger partial charge in [0.1, 0.15) is 5.75 Å². The number of hydrogen-bond donors (Lipinski definition) is 0. The summed E-state index contributed by atoms with van der Waals surface area (Å²) in [6, 6.07) is 28.5. The lowest BCUT2D eigenvalue weighted by molar-refractivity contribution is -0.134. The summed E-state index contributed by atoms with van der Waals surface area (Å²) in [5.74, 6) is -0.00855. The average Bonchev–Trinajstić information content (AvgIpc) is 2.67. The number of ether oxygens (including phenoxy) is 1. The quantitative estimate of drug-likeness (QED) is 0.505. The largest absolute Gasteiger partial charge is 0.426 e. The maximum Gasteiger partial charge on any atom is 0.312 e. The molecule has 0 aliphatic carbocycles. The van der Waals surface area contributed by atoms with Crippen molar-refractivity contribution in [2.24, 2.45) is 0 Å². The second kappa shape index (κ2) is 7.94. The third-order valence-corrected chi connectivity index (χ3v) is 3.97. The van der Waals surface area contributed by atoms with Crippen molar-refractivity contribution in [2.75, 3.05) is 0 Å². The monoisotopic (exact) mass is 327 g/mol. The van der Waals surface area contributed by atoms with E-state index in [0.717, 1.165) is 11.1 Å². The van der Waals surface area contributed by atoms with E-state index in [0.29, 0.717) is 11.3 Å². The molecular weight excluding hydrogens is 310 g/mol. The molecule has 0 amide bonds. The van der Waals surface area contributed by atoms with Gasteiger partial charge in [0.05, 0.1) is 18.1 Å². The van der Waals surface area contributed by atoms with Crippen LogP contribution in [0.4, 0.5) is 0 Å². The maximum atomic E-state index is 12.5. The molecule has 0 saturated heterocycles. The lowest BCUT2D eigenvalue weighted by Gasteiger charge is -2.17. The average molecular weight is 327 g/mol. The summed E-state index contributed by atoms with van der Waals surface area (Å²) < 4.78 is 5.44. The van der Waals surface area contributed by atoms with E-state index in [4.69, 9.17) is 10.00 Å². The van der Waals surface area contributed by atoms with E-state index in [2.05, 4.69) is 0 Å². The number of carbonyl (C=O) groups excluding carboxylic acids is 1. The summed E-state index contributed by atoms with van der Waals surface area (Å²) in [6.07, 6.45) is 0.227. The van der Waals surface area contributed by atoms with Gasteiger partial charge in [-0.1, -0.05) is 66.7 Å². The van der Waals surface area contributed by atoms with Gasteiger partial charge in [0.25, 0.3) is 0 Å². The fraction of sp³-hybridized carbons (Fsp3) is 0.0909. The summed E-state index contributed by atoms with van der Waals surface area (Å²) in [5, 5.41) is 8.95. The van der Waals surface area contributed by atoms with Gasteiger partial charge in [0, 0.05) is 5.92 Å². The Morgan fingerprint density at radius 1 is 0.880 bits per heavy atom. The van der Waals surface area contributed by atoms with E-state index in [9.17, 15) is 4.79 Å². The molecule has 0 aromatic heterocycles. The molecule has 3 aromatic carbocycles. The van der Waals surface area contributed by atoms with Crippen LogP contribution in [-0.2, 0) is 4.79 Å². The van der Waals surface area contributed by atoms with Gasteiger partial charge in [-0.25, -0.2) is 0 Å². The number of rotatable bonds is 5. The van der Waals surface area contributed by atoms with Crippen LogP contribution in [0, 0.1) is 11.3 Å². The van der Waals surface area contributed by atoms with Gasteiger partial charge in [-0.3, -0.25) is 4.79 Å². The lowest BCUT2D eigenvalue weighted by Crippen LogP contribution is -2.14. The number of nitrogens with zero attached hydrogens (tertiary/aromatic N) is 1. The zero-order valence-corrected chi connectivity index (χ0v) is 13.6. The first-order valence-corrected chi connectivity index (χ1v) is 8.07. The number of benzene rings is 3. The van der Waals surface area contributed by atoms with Crippen molar-refractivity contribution in [1.82, 2.24) is 0 Å². The van der Waals surface area contributed by atoms with E-state index >= 15 is 0 Å². The second-order valence-corrected chi connectivity index (χ2v) is 5.69. The van der Waals surface area contributed by atoms with Crippen molar-refractivity contribution in [3.8, 4) is 11.8 Å². The predicted octanol–water partition coefficient (Wildman–Crippen LogP) is 4.69. The number of nitriles is 1. The second-order valence-electron chi connectivity index (χ2n) is 5.69. The number of esters is 1. The minimum Gasteiger partial charge on any atom is -0.426 e. The molecule has 0 unspecified atom stereocenters. The minimum absolute atomic E-state index is 0.0750. The zero-order valence-electron chi connectivity index (χ0n) is 13.6. The van der Waals surface area contributed by atoms with E-state index in [-0.39, 0.29) is 18.3 Å². The molecule has 3 aromatic rings. The highest BCUT2D eigenvalue weighted by Crippen LogP contribution is 2.28. The summed E-state index contributed by atoms with van der Waals surface area (Å²) in [7, 11) is 0. The third kappa shape index (κ3) is 4.33. The molecule has 0 N–H and O–H groups in total. The molecule has 3 heteroatoms. The Kier molecular flexibility index (Phi) is 5.23. The molecule has 0 bridgehead atoms. The fourth-order valence-electron chi connectivity index (χ4n) is 2.77. The Bertz CT molecular complexity index is 843. The molecule has 0 heterocycles. The van der Waals surface area contributed by atoms with Crippen molar-refractivity contribution in [3.63, 3.8) is 0 Å². The van der Waals surface area contributed by atoms with Gasteiger partial charge in [-0.2, -0.15) is 5.26 Å². The highest BCUT2D eigenvalue weighted by Gasteiger charge is 2.19. The first kappa shape index (κ1) is 16.5. The van der Waals surface area contributed by atoms with Gasteiger partial charge >= 0.3 is 5.97 Å². The van der Waals surface area contributed by atoms with Crippen LogP contribution >= 0.6 is 0 Å². The highest BCUT2D eigenvalue weighted by atomic mass is 16.5. The summed E-state index contributed by atoms with van der Waals surface area (Å²) in [5.41, 5.74) is 2.60. The van der Waals surface area contributed by atoms with Crippen LogP contribution in [0.2, 0.25) is 0 Å². The van der Waals surface area contributed by atoms with Crippen molar-refractivity contribution in [1.29, 1.82) is 5.26 Å². The summed E-state index contributed by atoms with van der Waals surface area (Å²) in [6.45, 7) is 0. The molecular formula is C22H17NO2. The molecule has 0 aliphatic rings. The van der Waals surface area contributed by atoms with Crippen LogP contribution in [0.5, 0.6) is 5.75 Å². The van der Waals surface area contributed by atoms with Gasteiger partial charge < -0.3 is 4.74 Å². The topological polar surface area (TPSA) is 50.1 Å². The molecule has 3 nitrogen and oxygen atoms in total. The zero-order chi connectivity index (χ0) is 17.5. The molecule has 3 rings (SSSR count). The van der Waals surface area contributed by atoms with Crippen LogP contribution in [0.25, 0.3) is 0 Å². The third-order valence-electron chi connectivity index (χ3n) is 3.97. The van der Waals surface area contributed by atoms with Gasteiger partial charge in [0.2, 0.25) is 0 Å². The summed E-state index contributed by atoms with van der Waals surface area (Å²) in [4.78, 5) is 12.5. The van der Waals surface area contributed by atoms with Crippen molar-refractivity contribution < 1.29 is 9.53 Å². The maximum absolute atomic E-state index is 12.5. The number of hydrogen-bond acceptors (Lipinski definition) is 3. The molecule has 0 saturated carbocycles. The number of carbonyl (C=O) groups is 1. The van der Waals surface area contributed by atoms with Gasteiger partial charge in [-0.15, -0.1) is 0 Å². The van der Waals surface area contributed by atoms with Crippen LogP contribution in [0.15, 0.2) is 84.9 Å². The lowest BCUT2D eigenvalue weighted by atomic mass is 9.88. The molecule has 0 spiro atoms. The van der Waals surface area contributed by atoms with Crippen LogP contribution in [-0.4, -0.2) is 5.97 Å².